The number of ether oxygens (including phenoxy) is 1. The monoisotopic (exact) mass is 354 g/mol. The molecule has 1 amide bonds. The number of fused-ring (bicyclic) bond motifs is 3. The molecule has 1 aromatic carbocycles. The summed E-state index contributed by atoms with van der Waals surface area (Å²) in [7, 11) is 1.32. The Morgan fingerprint density at radius 1 is 1.20 bits per heavy atom. The van der Waals surface area contributed by atoms with Crippen LogP contribution in [0.3, 0.4) is 0 Å². The van der Waals surface area contributed by atoms with Crippen LogP contribution in [-0.2, 0) is 17.6 Å². The van der Waals surface area contributed by atoms with Crippen LogP contribution in [0.2, 0.25) is 0 Å². The van der Waals surface area contributed by atoms with Crippen molar-refractivity contribution in [1.29, 1.82) is 0 Å². The van der Waals surface area contributed by atoms with Gasteiger partial charge in [-0.1, -0.05) is 5.16 Å². The molecule has 1 aliphatic carbocycles. The number of thiophene rings is 1. The molecule has 6 nitrogen and oxygen atoms in total. The van der Waals surface area contributed by atoms with Gasteiger partial charge in [0, 0.05) is 21.7 Å². The van der Waals surface area contributed by atoms with E-state index >= 15 is 0 Å². The molecule has 0 atom stereocenters. The van der Waals surface area contributed by atoms with Gasteiger partial charge in [0.05, 0.1) is 12.7 Å². The van der Waals surface area contributed by atoms with E-state index in [-0.39, 0.29) is 5.91 Å². The molecule has 2 heterocycles. The minimum absolute atomic E-state index is 0.309. The summed E-state index contributed by atoms with van der Waals surface area (Å²) in [5.74, 6) is -0.0572. The topological polar surface area (TPSA) is 81.4 Å². The third-order valence-corrected chi connectivity index (χ3v) is 5.14. The van der Waals surface area contributed by atoms with Gasteiger partial charge in [-0.15, -0.1) is 11.3 Å². The third-order valence-electron chi connectivity index (χ3n) is 4.16. The molecular formula is C18H14N2O4S. The second kappa shape index (κ2) is 6.18. The number of hydrogen-bond donors (Lipinski definition) is 1. The SMILES string of the molecule is COC(=O)c1ccc(NC(=O)c2noc3c2CCc2sccc2-3)cc1. The maximum absolute atomic E-state index is 12.5. The molecule has 0 fully saturated rings. The van der Waals surface area contributed by atoms with Crippen LogP contribution in [0.4, 0.5) is 5.69 Å². The number of esters is 1. The van der Waals surface area contributed by atoms with Crippen LogP contribution in [0.1, 0.15) is 31.3 Å². The van der Waals surface area contributed by atoms with Crippen molar-refractivity contribution in [2.45, 2.75) is 12.8 Å². The van der Waals surface area contributed by atoms with Crippen LogP contribution >= 0.6 is 11.3 Å². The summed E-state index contributed by atoms with van der Waals surface area (Å²) >= 11 is 1.69. The Labute approximate surface area is 147 Å². The molecule has 25 heavy (non-hydrogen) atoms. The maximum Gasteiger partial charge on any atom is 0.337 e. The van der Waals surface area contributed by atoms with Crippen molar-refractivity contribution in [3.05, 3.63) is 57.4 Å². The van der Waals surface area contributed by atoms with Gasteiger partial charge < -0.3 is 14.6 Å². The number of methoxy groups -OCH3 is 1. The molecule has 0 spiro atoms. The highest BCUT2D eigenvalue weighted by atomic mass is 32.1. The van der Waals surface area contributed by atoms with Gasteiger partial charge in [0.15, 0.2) is 11.5 Å². The number of hydrogen-bond acceptors (Lipinski definition) is 6. The molecule has 0 saturated carbocycles. The smallest absolute Gasteiger partial charge is 0.337 e. The summed E-state index contributed by atoms with van der Waals surface area (Å²) < 4.78 is 10.1. The molecule has 1 aliphatic rings. The van der Waals surface area contributed by atoms with Gasteiger partial charge in [-0.25, -0.2) is 4.79 Å². The molecule has 0 bridgehead atoms. The van der Waals surface area contributed by atoms with Crippen molar-refractivity contribution < 1.29 is 18.8 Å². The van der Waals surface area contributed by atoms with Crippen LogP contribution in [0.15, 0.2) is 40.2 Å². The molecule has 0 saturated heterocycles. The largest absolute Gasteiger partial charge is 0.465 e. The summed E-state index contributed by atoms with van der Waals surface area (Å²) in [6, 6.07) is 8.48. The number of anilines is 1. The molecule has 0 radical (unpaired) electrons. The number of amides is 1. The number of benzene rings is 1. The molecule has 0 aliphatic heterocycles. The average Bonchev–Trinajstić information content (AvgIpc) is 3.27. The lowest BCUT2D eigenvalue weighted by molar-refractivity contribution is 0.0600. The first kappa shape index (κ1) is 15.6. The Morgan fingerprint density at radius 2 is 2.00 bits per heavy atom. The predicted octanol–water partition coefficient (Wildman–Crippen LogP) is 3.54. The fourth-order valence-corrected chi connectivity index (χ4v) is 3.78. The van der Waals surface area contributed by atoms with Gasteiger partial charge in [0.25, 0.3) is 5.91 Å². The van der Waals surface area contributed by atoms with E-state index in [4.69, 9.17) is 4.52 Å². The molecule has 126 valence electrons. The Hall–Kier alpha value is -2.93. The van der Waals surface area contributed by atoms with Crippen molar-refractivity contribution in [2.75, 3.05) is 12.4 Å². The van der Waals surface area contributed by atoms with Crippen molar-refractivity contribution in [1.82, 2.24) is 5.16 Å². The number of aryl methyl sites for hydroxylation is 1. The summed E-state index contributed by atoms with van der Waals surface area (Å²) in [5.41, 5.74) is 3.17. The van der Waals surface area contributed by atoms with E-state index in [1.807, 2.05) is 11.4 Å². The second-order valence-electron chi connectivity index (χ2n) is 5.62. The number of carbonyl (C=O) groups is 2. The van der Waals surface area contributed by atoms with Crippen molar-refractivity contribution >= 4 is 28.9 Å². The summed E-state index contributed by atoms with van der Waals surface area (Å²) in [6.45, 7) is 0. The summed E-state index contributed by atoms with van der Waals surface area (Å²) in [5, 5.41) is 8.78. The molecule has 1 N–H and O–H groups in total. The van der Waals surface area contributed by atoms with Crippen LogP contribution in [0.5, 0.6) is 0 Å². The first-order chi connectivity index (χ1) is 12.2. The standard InChI is InChI=1S/C18H14N2O4S/c1-23-18(22)10-2-4-11(5-3-10)19-17(21)15-13-6-7-14-12(8-9-25-14)16(13)24-20-15/h2-5,8-9H,6-7H2,1H3,(H,19,21). The first-order valence-corrected chi connectivity index (χ1v) is 8.60. The van der Waals surface area contributed by atoms with Gasteiger partial charge in [-0.2, -0.15) is 0 Å². The molecular weight excluding hydrogens is 340 g/mol. The zero-order valence-corrected chi connectivity index (χ0v) is 14.2. The highest BCUT2D eigenvalue weighted by Crippen LogP contribution is 2.38. The van der Waals surface area contributed by atoms with E-state index in [1.165, 1.54) is 12.0 Å². The number of aromatic nitrogens is 1. The Morgan fingerprint density at radius 3 is 2.76 bits per heavy atom. The van der Waals surface area contributed by atoms with Gasteiger partial charge >= 0.3 is 5.97 Å². The van der Waals surface area contributed by atoms with Crippen LogP contribution in [-0.4, -0.2) is 24.1 Å². The summed E-state index contributed by atoms with van der Waals surface area (Å²) in [6.07, 6.45) is 1.62. The van der Waals surface area contributed by atoms with Crippen molar-refractivity contribution in [3.8, 4) is 11.3 Å². The highest BCUT2D eigenvalue weighted by Gasteiger charge is 2.28. The van der Waals surface area contributed by atoms with E-state index in [9.17, 15) is 9.59 Å². The minimum Gasteiger partial charge on any atom is -0.465 e. The molecule has 2 aromatic heterocycles. The minimum atomic E-state index is -0.421. The molecule has 7 heteroatoms. The number of nitrogens with one attached hydrogen (secondary N) is 1. The quantitative estimate of drug-likeness (QED) is 0.728. The van der Waals surface area contributed by atoms with E-state index in [0.717, 1.165) is 24.0 Å². The lowest BCUT2D eigenvalue weighted by Gasteiger charge is -2.10. The average molecular weight is 354 g/mol. The first-order valence-electron chi connectivity index (χ1n) is 7.72. The number of rotatable bonds is 3. The zero-order chi connectivity index (χ0) is 17.4. The number of carbonyl (C=O) groups excluding carboxylic acids is 2. The van der Waals surface area contributed by atoms with Crippen molar-refractivity contribution in [2.24, 2.45) is 0 Å². The molecule has 4 rings (SSSR count). The van der Waals surface area contributed by atoms with Crippen molar-refractivity contribution in [3.63, 3.8) is 0 Å². The normalized spacial score (nSPS) is 12.2. The Kier molecular flexibility index (Phi) is 3.85. The second-order valence-corrected chi connectivity index (χ2v) is 6.62. The van der Waals surface area contributed by atoms with E-state index in [2.05, 4.69) is 15.2 Å². The Bertz CT molecular complexity index is 956. The zero-order valence-electron chi connectivity index (χ0n) is 13.4. The predicted molar refractivity (Wildman–Crippen MR) is 93.0 cm³/mol. The number of nitrogens with zero attached hydrogens (tertiary/aromatic N) is 1. The highest BCUT2D eigenvalue weighted by molar-refractivity contribution is 7.10. The third kappa shape index (κ3) is 2.72. The van der Waals surface area contributed by atoms with E-state index in [0.29, 0.717) is 22.7 Å². The molecule has 3 aromatic rings. The lowest BCUT2D eigenvalue weighted by Crippen LogP contribution is -2.15. The summed E-state index contributed by atoms with van der Waals surface area (Å²) in [4.78, 5) is 25.2. The molecule has 0 unspecified atom stereocenters. The fourth-order valence-electron chi connectivity index (χ4n) is 2.90. The van der Waals surface area contributed by atoms with Gasteiger partial charge in [-0.05, 0) is 48.6 Å². The van der Waals surface area contributed by atoms with Crippen LogP contribution in [0.25, 0.3) is 11.3 Å². The van der Waals surface area contributed by atoms with Gasteiger partial charge in [-0.3, -0.25) is 4.79 Å². The fraction of sp³-hybridized carbons (Fsp3) is 0.167. The van der Waals surface area contributed by atoms with Gasteiger partial charge in [0.1, 0.15) is 0 Å². The van der Waals surface area contributed by atoms with Crippen LogP contribution < -0.4 is 5.32 Å². The Balaban J connectivity index is 1.56. The van der Waals surface area contributed by atoms with Gasteiger partial charge in [0.2, 0.25) is 0 Å². The van der Waals surface area contributed by atoms with E-state index in [1.54, 1.807) is 35.6 Å². The van der Waals surface area contributed by atoms with Crippen LogP contribution in [0, 0.1) is 0 Å². The van der Waals surface area contributed by atoms with E-state index < -0.39 is 5.97 Å². The maximum atomic E-state index is 12.5. The lowest BCUT2D eigenvalue weighted by atomic mass is 9.95.